The maximum absolute atomic E-state index is 10.1. The summed E-state index contributed by atoms with van der Waals surface area (Å²) in [6, 6.07) is 0. The number of aliphatic hydroxyl groups excluding tert-OH is 4. The van der Waals surface area contributed by atoms with E-state index in [0.29, 0.717) is 5.92 Å². The smallest absolute Gasteiger partial charge is 0.187 e. The molecule has 4 N–H and O–H groups in total. The van der Waals surface area contributed by atoms with Crippen LogP contribution in [0.3, 0.4) is 0 Å². The van der Waals surface area contributed by atoms with Crippen molar-refractivity contribution in [1.82, 2.24) is 0 Å². The number of ether oxygens (including phenoxy) is 2. The minimum Gasteiger partial charge on any atom is -0.394 e. The Kier molecular flexibility index (Phi) is 4.12. The Labute approximate surface area is 130 Å². The Morgan fingerprint density at radius 3 is 2.45 bits per heavy atom. The predicted molar refractivity (Wildman–Crippen MR) is 77.8 cm³/mol. The highest BCUT2D eigenvalue weighted by Gasteiger charge is 2.60. The van der Waals surface area contributed by atoms with Gasteiger partial charge in [-0.2, -0.15) is 0 Å². The molecule has 2 fully saturated rings. The molecule has 0 amide bonds. The Bertz CT molecular complexity index is 460. The van der Waals surface area contributed by atoms with Gasteiger partial charge in [0.1, 0.15) is 24.4 Å². The second-order valence-corrected chi connectivity index (χ2v) is 7.39. The van der Waals surface area contributed by atoms with E-state index in [-0.39, 0.29) is 17.4 Å². The van der Waals surface area contributed by atoms with Crippen molar-refractivity contribution in [3.05, 3.63) is 11.6 Å². The number of allylic oxidation sites excluding steroid dienone is 1. The first-order valence-corrected chi connectivity index (χ1v) is 7.91. The van der Waals surface area contributed by atoms with Gasteiger partial charge in [-0.3, -0.25) is 0 Å². The van der Waals surface area contributed by atoms with Crippen molar-refractivity contribution < 1.29 is 29.9 Å². The summed E-state index contributed by atoms with van der Waals surface area (Å²) in [5.41, 5.74) is 1.43. The second-order valence-electron chi connectivity index (χ2n) is 7.39. The summed E-state index contributed by atoms with van der Waals surface area (Å²) in [4.78, 5) is 0. The molecule has 126 valence electrons. The first kappa shape index (κ1) is 16.4. The van der Waals surface area contributed by atoms with Crippen molar-refractivity contribution in [3.8, 4) is 0 Å². The van der Waals surface area contributed by atoms with Crippen LogP contribution in [0.25, 0.3) is 0 Å². The monoisotopic (exact) mass is 314 g/mol. The fourth-order valence-electron chi connectivity index (χ4n) is 4.42. The van der Waals surface area contributed by atoms with Crippen molar-refractivity contribution in [2.24, 2.45) is 17.3 Å². The fourth-order valence-corrected chi connectivity index (χ4v) is 4.42. The van der Waals surface area contributed by atoms with Gasteiger partial charge < -0.3 is 29.9 Å². The zero-order chi connectivity index (χ0) is 16.2. The standard InChI is InChI=1S/C16H26O6/c1-7-4-5-8-14(10(7)16(8,2)3)22-15-13(20)12(19)11(18)9(6-17)21-15/h4,8-15,17-20H,5-6H2,1-3H3/t8-,9?,10+,11?,12-,13?,14+,15-/m0/s1. The van der Waals surface area contributed by atoms with Crippen LogP contribution in [-0.2, 0) is 9.47 Å². The molecular weight excluding hydrogens is 288 g/mol. The van der Waals surface area contributed by atoms with Crippen LogP contribution < -0.4 is 0 Å². The molecule has 0 radical (unpaired) electrons. The van der Waals surface area contributed by atoms with Gasteiger partial charge in [-0.05, 0) is 24.7 Å². The molecule has 0 aromatic carbocycles. The van der Waals surface area contributed by atoms with Gasteiger partial charge in [0.25, 0.3) is 0 Å². The minimum absolute atomic E-state index is 0.0681. The molecule has 0 spiro atoms. The molecule has 8 atom stereocenters. The summed E-state index contributed by atoms with van der Waals surface area (Å²) in [6.45, 7) is 6.08. The highest BCUT2D eigenvalue weighted by atomic mass is 16.7. The molecule has 1 heterocycles. The van der Waals surface area contributed by atoms with Gasteiger partial charge in [-0.1, -0.05) is 25.5 Å². The molecule has 22 heavy (non-hydrogen) atoms. The first-order chi connectivity index (χ1) is 10.3. The minimum atomic E-state index is -1.39. The highest BCUT2D eigenvalue weighted by molar-refractivity contribution is 5.25. The van der Waals surface area contributed by atoms with E-state index in [1.807, 2.05) is 0 Å². The molecule has 1 saturated carbocycles. The van der Waals surface area contributed by atoms with Crippen LogP contribution in [0.2, 0.25) is 0 Å². The third-order valence-corrected chi connectivity index (χ3v) is 5.81. The fraction of sp³-hybridized carbons (Fsp3) is 0.875. The van der Waals surface area contributed by atoms with Crippen LogP contribution in [-0.4, -0.2) is 63.8 Å². The summed E-state index contributed by atoms with van der Waals surface area (Å²) in [5, 5.41) is 39.0. The van der Waals surface area contributed by atoms with Gasteiger partial charge in [0.05, 0.1) is 12.7 Å². The van der Waals surface area contributed by atoms with Crippen LogP contribution in [0.4, 0.5) is 0 Å². The van der Waals surface area contributed by atoms with Gasteiger partial charge in [0.2, 0.25) is 0 Å². The third-order valence-electron chi connectivity index (χ3n) is 5.81. The van der Waals surface area contributed by atoms with E-state index < -0.39 is 37.3 Å². The molecule has 4 aliphatic rings. The lowest BCUT2D eigenvalue weighted by molar-refractivity contribution is -0.339. The number of hydrogen-bond acceptors (Lipinski definition) is 6. The van der Waals surface area contributed by atoms with Crippen LogP contribution in [0.15, 0.2) is 11.6 Å². The van der Waals surface area contributed by atoms with Crippen LogP contribution in [0.1, 0.15) is 27.2 Å². The van der Waals surface area contributed by atoms with E-state index in [4.69, 9.17) is 9.47 Å². The SMILES string of the molecule is CC1=CC[C@H]2[C@@H](O[C@@H]3OC(CO)C(O)[C@H](O)C3O)[C@@H]1C2(C)C. The molecule has 3 unspecified atom stereocenters. The maximum atomic E-state index is 10.1. The second kappa shape index (κ2) is 5.54. The normalized spacial score (nSPS) is 50.2. The molecule has 1 saturated heterocycles. The summed E-state index contributed by atoms with van der Waals surface area (Å²) < 4.78 is 11.4. The lowest BCUT2D eigenvalue weighted by Gasteiger charge is -2.62. The molecule has 2 bridgehead atoms. The zero-order valence-corrected chi connectivity index (χ0v) is 13.2. The highest BCUT2D eigenvalue weighted by Crippen LogP contribution is 2.60. The Balaban J connectivity index is 1.73. The molecule has 0 aromatic rings. The van der Waals surface area contributed by atoms with Gasteiger partial charge in [-0.25, -0.2) is 0 Å². The van der Waals surface area contributed by atoms with Crippen molar-refractivity contribution in [2.75, 3.05) is 6.61 Å². The maximum Gasteiger partial charge on any atom is 0.187 e. The number of fused-ring (bicyclic) bond motifs is 1. The average Bonchev–Trinajstić information content (AvgIpc) is 2.47. The van der Waals surface area contributed by atoms with E-state index >= 15 is 0 Å². The number of hydrogen-bond donors (Lipinski definition) is 4. The molecule has 3 aliphatic carbocycles. The molecule has 6 nitrogen and oxygen atoms in total. The lowest BCUT2D eigenvalue weighted by Crippen LogP contribution is -2.65. The molecule has 0 aromatic heterocycles. The van der Waals surface area contributed by atoms with Gasteiger partial charge >= 0.3 is 0 Å². The predicted octanol–water partition coefficient (Wildman–Crippen LogP) is -0.206. The number of aliphatic hydroxyl groups is 4. The van der Waals surface area contributed by atoms with Crippen molar-refractivity contribution in [1.29, 1.82) is 0 Å². The van der Waals surface area contributed by atoms with E-state index in [2.05, 4.69) is 26.8 Å². The first-order valence-electron chi connectivity index (χ1n) is 7.91. The van der Waals surface area contributed by atoms with Crippen molar-refractivity contribution in [2.45, 2.75) is 64.0 Å². The summed E-state index contributed by atoms with van der Waals surface area (Å²) in [7, 11) is 0. The molecule has 1 aliphatic heterocycles. The van der Waals surface area contributed by atoms with Gasteiger partial charge in [0, 0.05) is 5.92 Å². The quantitative estimate of drug-likeness (QED) is 0.538. The Morgan fingerprint density at radius 1 is 1.23 bits per heavy atom. The van der Waals surface area contributed by atoms with Crippen LogP contribution in [0, 0.1) is 17.3 Å². The summed E-state index contributed by atoms with van der Waals surface area (Å²) in [6.07, 6.45) is -2.93. The summed E-state index contributed by atoms with van der Waals surface area (Å²) >= 11 is 0. The largest absolute Gasteiger partial charge is 0.394 e. The van der Waals surface area contributed by atoms with E-state index in [9.17, 15) is 20.4 Å². The van der Waals surface area contributed by atoms with E-state index in [1.54, 1.807) is 0 Å². The van der Waals surface area contributed by atoms with Crippen molar-refractivity contribution >= 4 is 0 Å². The van der Waals surface area contributed by atoms with Gasteiger partial charge in [-0.15, -0.1) is 0 Å². The molecule has 4 rings (SSSR count). The molecule has 6 heteroatoms. The topological polar surface area (TPSA) is 99.4 Å². The Morgan fingerprint density at radius 2 is 1.91 bits per heavy atom. The zero-order valence-electron chi connectivity index (χ0n) is 13.2. The van der Waals surface area contributed by atoms with Gasteiger partial charge in [0.15, 0.2) is 6.29 Å². The van der Waals surface area contributed by atoms with Crippen molar-refractivity contribution in [3.63, 3.8) is 0 Å². The van der Waals surface area contributed by atoms with Crippen LogP contribution >= 0.6 is 0 Å². The third kappa shape index (κ3) is 2.25. The van der Waals surface area contributed by atoms with E-state index in [1.165, 1.54) is 5.57 Å². The van der Waals surface area contributed by atoms with E-state index in [0.717, 1.165) is 6.42 Å². The Hall–Kier alpha value is -0.500. The molecular formula is C16H26O6. The average molecular weight is 314 g/mol. The number of rotatable bonds is 3. The van der Waals surface area contributed by atoms with Crippen LogP contribution in [0.5, 0.6) is 0 Å². The summed E-state index contributed by atoms with van der Waals surface area (Å²) in [5.74, 6) is 0.604. The lowest BCUT2D eigenvalue weighted by atomic mass is 9.47.